The second-order valence-electron chi connectivity index (χ2n) is 4.44. The fraction of sp³-hybridized carbons (Fsp3) is 0.250. The van der Waals surface area contributed by atoms with E-state index in [4.69, 9.17) is 4.74 Å². The summed E-state index contributed by atoms with van der Waals surface area (Å²) in [5, 5.41) is 5.57. The average Bonchev–Trinajstić information content (AvgIpc) is 2.53. The Hall–Kier alpha value is -2.56. The SMILES string of the molecule is CCOc1cccc(CNC(=O)NCc2ccccn2)c1. The molecule has 0 atom stereocenters. The van der Waals surface area contributed by atoms with E-state index >= 15 is 0 Å². The van der Waals surface area contributed by atoms with Crippen molar-refractivity contribution < 1.29 is 9.53 Å². The van der Waals surface area contributed by atoms with E-state index < -0.39 is 0 Å². The van der Waals surface area contributed by atoms with Gasteiger partial charge >= 0.3 is 6.03 Å². The molecule has 0 radical (unpaired) electrons. The Bertz CT molecular complexity index is 573. The molecule has 21 heavy (non-hydrogen) atoms. The van der Waals surface area contributed by atoms with Gasteiger partial charge in [-0.2, -0.15) is 0 Å². The van der Waals surface area contributed by atoms with Crippen LogP contribution in [-0.2, 0) is 13.1 Å². The third-order valence-corrected chi connectivity index (χ3v) is 2.82. The third kappa shape index (κ3) is 5.14. The number of aromatic nitrogens is 1. The molecule has 5 heteroatoms. The molecule has 0 aliphatic rings. The van der Waals surface area contributed by atoms with Gasteiger partial charge in [0.25, 0.3) is 0 Å². The third-order valence-electron chi connectivity index (χ3n) is 2.82. The minimum atomic E-state index is -0.220. The molecule has 5 nitrogen and oxygen atoms in total. The summed E-state index contributed by atoms with van der Waals surface area (Å²) >= 11 is 0. The zero-order chi connectivity index (χ0) is 14.9. The highest BCUT2D eigenvalue weighted by Crippen LogP contribution is 2.12. The number of hydrogen-bond acceptors (Lipinski definition) is 3. The Labute approximate surface area is 124 Å². The number of nitrogens with zero attached hydrogens (tertiary/aromatic N) is 1. The molecule has 2 aromatic rings. The van der Waals surface area contributed by atoms with Gasteiger partial charge in [-0.3, -0.25) is 4.98 Å². The first-order valence-electron chi connectivity index (χ1n) is 6.91. The maximum absolute atomic E-state index is 11.7. The van der Waals surface area contributed by atoms with Crippen molar-refractivity contribution in [2.45, 2.75) is 20.0 Å². The van der Waals surface area contributed by atoms with Crippen molar-refractivity contribution in [2.75, 3.05) is 6.61 Å². The standard InChI is InChI=1S/C16H19N3O2/c1-2-21-15-8-5-6-13(10-15)11-18-16(20)19-12-14-7-3-4-9-17-14/h3-10H,2,11-12H2,1H3,(H2,18,19,20). The van der Waals surface area contributed by atoms with E-state index in [0.29, 0.717) is 19.7 Å². The summed E-state index contributed by atoms with van der Waals surface area (Å²) in [7, 11) is 0. The summed E-state index contributed by atoms with van der Waals surface area (Å²) in [4.78, 5) is 15.9. The number of ether oxygens (including phenoxy) is 1. The van der Waals surface area contributed by atoms with Crippen LogP contribution in [0.2, 0.25) is 0 Å². The molecule has 2 amide bonds. The summed E-state index contributed by atoms with van der Waals surface area (Å²) in [6, 6.07) is 13.1. The van der Waals surface area contributed by atoms with Gasteiger partial charge in [0.1, 0.15) is 5.75 Å². The molecule has 0 spiro atoms. The van der Waals surface area contributed by atoms with Gasteiger partial charge in [0.15, 0.2) is 0 Å². The van der Waals surface area contributed by atoms with E-state index in [-0.39, 0.29) is 6.03 Å². The fourth-order valence-electron chi connectivity index (χ4n) is 1.83. The fourth-order valence-corrected chi connectivity index (χ4v) is 1.83. The first kappa shape index (κ1) is 14.8. The molecule has 0 bridgehead atoms. The lowest BCUT2D eigenvalue weighted by atomic mass is 10.2. The first-order valence-corrected chi connectivity index (χ1v) is 6.91. The summed E-state index contributed by atoms with van der Waals surface area (Å²) < 4.78 is 5.42. The Kier molecular flexibility index (Phi) is 5.58. The van der Waals surface area contributed by atoms with Crippen LogP contribution >= 0.6 is 0 Å². The molecule has 0 fully saturated rings. The highest BCUT2D eigenvalue weighted by molar-refractivity contribution is 5.73. The van der Waals surface area contributed by atoms with Crippen molar-refractivity contribution in [1.29, 1.82) is 0 Å². The molecule has 0 saturated heterocycles. The molecule has 0 aliphatic carbocycles. The van der Waals surface area contributed by atoms with Crippen LogP contribution in [0.5, 0.6) is 5.75 Å². The number of amides is 2. The normalized spacial score (nSPS) is 9.95. The van der Waals surface area contributed by atoms with Crippen LogP contribution in [0.25, 0.3) is 0 Å². The molecule has 0 saturated carbocycles. The second-order valence-corrected chi connectivity index (χ2v) is 4.44. The molecule has 1 heterocycles. The Balaban J connectivity index is 1.77. The quantitative estimate of drug-likeness (QED) is 0.857. The molecule has 2 rings (SSSR count). The monoisotopic (exact) mass is 285 g/mol. The minimum absolute atomic E-state index is 0.220. The number of carbonyl (C=O) groups is 1. The van der Waals surface area contributed by atoms with Crippen molar-refractivity contribution >= 4 is 6.03 Å². The topological polar surface area (TPSA) is 63.2 Å². The van der Waals surface area contributed by atoms with Crippen molar-refractivity contribution in [2.24, 2.45) is 0 Å². The molecular weight excluding hydrogens is 266 g/mol. The smallest absolute Gasteiger partial charge is 0.315 e. The number of hydrogen-bond donors (Lipinski definition) is 2. The molecule has 1 aromatic carbocycles. The number of nitrogens with one attached hydrogen (secondary N) is 2. The Morgan fingerprint density at radius 1 is 1.14 bits per heavy atom. The Morgan fingerprint density at radius 2 is 2.00 bits per heavy atom. The molecular formula is C16H19N3O2. The van der Waals surface area contributed by atoms with Gasteiger partial charge in [0.05, 0.1) is 18.8 Å². The summed E-state index contributed by atoms with van der Waals surface area (Å²) in [5.74, 6) is 0.811. The van der Waals surface area contributed by atoms with Crippen LogP contribution in [0.1, 0.15) is 18.2 Å². The number of urea groups is 1. The predicted molar refractivity (Wildman–Crippen MR) is 80.9 cm³/mol. The molecule has 2 N–H and O–H groups in total. The van der Waals surface area contributed by atoms with Gasteiger partial charge < -0.3 is 15.4 Å². The van der Waals surface area contributed by atoms with Crippen molar-refractivity contribution in [3.05, 3.63) is 59.9 Å². The van der Waals surface area contributed by atoms with Crippen molar-refractivity contribution in [3.8, 4) is 5.75 Å². The zero-order valence-electron chi connectivity index (χ0n) is 12.0. The van der Waals surface area contributed by atoms with Gasteiger partial charge in [-0.15, -0.1) is 0 Å². The van der Waals surface area contributed by atoms with Crippen molar-refractivity contribution in [3.63, 3.8) is 0 Å². The van der Waals surface area contributed by atoms with E-state index in [1.807, 2.05) is 49.4 Å². The maximum Gasteiger partial charge on any atom is 0.315 e. The number of carbonyl (C=O) groups excluding carboxylic acids is 1. The van der Waals surface area contributed by atoms with Gasteiger partial charge in [-0.25, -0.2) is 4.79 Å². The number of benzene rings is 1. The van der Waals surface area contributed by atoms with Crippen LogP contribution in [0.15, 0.2) is 48.7 Å². The highest BCUT2D eigenvalue weighted by Gasteiger charge is 2.02. The van der Waals surface area contributed by atoms with E-state index in [0.717, 1.165) is 17.0 Å². The largest absolute Gasteiger partial charge is 0.494 e. The van der Waals surface area contributed by atoms with Crippen LogP contribution in [0.3, 0.4) is 0 Å². The Morgan fingerprint density at radius 3 is 2.76 bits per heavy atom. The van der Waals surface area contributed by atoms with Gasteiger partial charge in [0.2, 0.25) is 0 Å². The van der Waals surface area contributed by atoms with Gasteiger partial charge in [-0.05, 0) is 36.8 Å². The predicted octanol–water partition coefficient (Wildman–Crippen LogP) is 2.48. The van der Waals surface area contributed by atoms with Crippen molar-refractivity contribution in [1.82, 2.24) is 15.6 Å². The highest BCUT2D eigenvalue weighted by atomic mass is 16.5. The lowest BCUT2D eigenvalue weighted by Crippen LogP contribution is -2.34. The van der Waals surface area contributed by atoms with Gasteiger partial charge in [-0.1, -0.05) is 18.2 Å². The van der Waals surface area contributed by atoms with Crippen LogP contribution < -0.4 is 15.4 Å². The second kappa shape index (κ2) is 7.89. The van der Waals surface area contributed by atoms with Crippen LogP contribution in [-0.4, -0.2) is 17.6 Å². The summed E-state index contributed by atoms with van der Waals surface area (Å²) in [6.07, 6.45) is 1.70. The molecule has 0 aliphatic heterocycles. The summed E-state index contributed by atoms with van der Waals surface area (Å²) in [6.45, 7) is 3.43. The molecule has 1 aromatic heterocycles. The first-order chi connectivity index (χ1) is 10.3. The van der Waals surface area contributed by atoms with E-state index in [2.05, 4.69) is 15.6 Å². The van der Waals surface area contributed by atoms with Gasteiger partial charge in [0, 0.05) is 12.7 Å². The average molecular weight is 285 g/mol. The molecule has 0 unspecified atom stereocenters. The number of pyridine rings is 1. The lowest BCUT2D eigenvalue weighted by molar-refractivity contribution is 0.240. The van der Waals surface area contributed by atoms with E-state index in [9.17, 15) is 4.79 Å². The molecule has 110 valence electrons. The minimum Gasteiger partial charge on any atom is -0.494 e. The van der Waals surface area contributed by atoms with E-state index in [1.54, 1.807) is 6.20 Å². The van der Waals surface area contributed by atoms with Crippen LogP contribution in [0.4, 0.5) is 4.79 Å². The number of rotatable bonds is 6. The maximum atomic E-state index is 11.7. The summed E-state index contributed by atoms with van der Waals surface area (Å²) in [5.41, 5.74) is 1.82. The zero-order valence-corrected chi connectivity index (χ0v) is 12.0. The van der Waals surface area contributed by atoms with E-state index in [1.165, 1.54) is 0 Å². The lowest BCUT2D eigenvalue weighted by Gasteiger charge is -2.09. The van der Waals surface area contributed by atoms with Crippen LogP contribution in [0, 0.1) is 0 Å².